The molecule has 64 valence electrons. The predicted molar refractivity (Wildman–Crippen MR) is 51.8 cm³/mol. The van der Waals surface area contributed by atoms with E-state index in [1.807, 2.05) is 0 Å². The van der Waals surface area contributed by atoms with E-state index in [9.17, 15) is 4.79 Å². The molecule has 1 aliphatic rings. The van der Waals surface area contributed by atoms with Crippen LogP contribution in [0, 0.1) is 0 Å². The number of ether oxygens (including phenoxy) is 1. The summed E-state index contributed by atoms with van der Waals surface area (Å²) in [5.41, 5.74) is 0. The molecule has 3 heteroatoms. The molecular weight excluding hydrogens is 255 g/mol. The molecule has 2 unspecified atom stereocenters. The van der Waals surface area contributed by atoms with Gasteiger partial charge in [0.25, 0.3) is 0 Å². The lowest BCUT2D eigenvalue weighted by Crippen LogP contribution is -2.30. The van der Waals surface area contributed by atoms with Gasteiger partial charge in [-0.2, -0.15) is 0 Å². The average Bonchev–Trinajstić information content (AvgIpc) is 1.98. The van der Waals surface area contributed by atoms with Gasteiger partial charge in [0, 0.05) is 0 Å². The maximum Gasteiger partial charge on any atom is 0.319 e. The average molecular weight is 268 g/mol. The van der Waals surface area contributed by atoms with Crippen LogP contribution in [-0.2, 0) is 9.53 Å². The number of hydrogen-bond donors (Lipinski definition) is 0. The molecule has 2 atom stereocenters. The summed E-state index contributed by atoms with van der Waals surface area (Å²) in [7, 11) is 0. The second-order valence-electron chi connectivity index (χ2n) is 2.89. The van der Waals surface area contributed by atoms with E-state index >= 15 is 0 Å². The van der Waals surface area contributed by atoms with Crippen LogP contribution >= 0.6 is 22.6 Å². The molecule has 1 fully saturated rings. The summed E-state index contributed by atoms with van der Waals surface area (Å²) in [6, 6.07) is 0. The third-order valence-corrected chi connectivity index (χ3v) is 3.02. The highest BCUT2D eigenvalue weighted by molar-refractivity contribution is 14.1. The van der Waals surface area contributed by atoms with Crippen LogP contribution in [0.3, 0.4) is 0 Å². The van der Waals surface area contributed by atoms with E-state index in [-0.39, 0.29) is 16.0 Å². The van der Waals surface area contributed by atoms with Gasteiger partial charge >= 0.3 is 5.97 Å². The predicted octanol–water partition coefficient (Wildman–Crippen LogP) is 2.30. The fourth-order valence-electron chi connectivity index (χ4n) is 1.27. The van der Waals surface area contributed by atoms with Crippen molar-refractivity contribution in [2.45, 2.75) is 42.6 Å². The summed E-state index contributed by atoms with van der Waals surface area (Å²) >= 11 is 2.15. The van der Waals surface area contributed by atoms with Crippen molar-refractivity contribution in [1.29, 1.82) is 0 Å². The third-order valence-electron chi connectivity index (χ3n) is 1.89. The first-order chi connectivity index (χ1) is 5.24. The van der Waals surface area contributed by atoms with Crippen molar-refractivity contribution in [3.05, 3.63) is 0 Å². The molecule has 0 aliphatic carbocycles. The number of hydrogen-bond acceptors (Lipinski definition) is 2. The Bertz CT molecular complexity index is 147. The van der Waals surface area contributed by atoms with Gasteiger partial charge in [-0.15, -0.1) is 0 Å². The summed E-state index contributed by atoms with van der Waals surface area (Å²) in [5.74, 6) is -0.0182. The van der Waals surface area contributed by atoms with Crippen molar-refractivity contribution in [3.8, 4) is 0 Å². The zero-order chi connectivity index (χ0) is 8.27. The van der Waals surface area contributed by atoms with Gasteiger partial charge in [-0.05, 0) is 19.3 Å². The van der Waals surface area contributed by atoms with Crippen LogP contribution in [0.2, 0.25) is 0 Å². The maximum absolute atomic E-state index is 11.0. The van der Waals surface area contributed by atoms with Gasteiger partial charge in [0.1, 0.15) is 10.0 Å². The third kappa shape index (κ3) is 2.61. The normalized spacial score (nSPS) is 31.6. The SMILES string of the molecule is CCCC1CCC(I)C(=O)O1. The summed E-state index contributed by atoms with van der Waals surface area (Å²) < 4.78 is 5.29. The largest absolute Gasteiger partial charge is 0.462 e. The first kappa shape index (κ1) is 9.29. The monoisotopic (exact) mass is 268 g/mol. The summed E-state index contributed by atoms with van der Waals surface area (Å²) in [4.78, 5) is 11.0. The van der Waals surface area contributed by atoms with Crippen molar-refractivity contribution in [2.24, 2.45) is 0 Å². The van der Waals surface area contributed by atoms with E-state index in [0.29, 0.717) is 0 Å². The Hall–Kier alpha value is 0.200. The zero-order valence-corrected chi connectivity index (χ0v) is 8.84. The van der Waals surface area contributed by atoms with Crippen LogP contribution in [0.5, 0.6) is 0 Å². The Balaban J connectivity index is 2.34. The number of carbonyl (C=O) groups is 1. The van der Waals surface area contributed by atoms with Gasteiger partial charge in [0.2, 0.25) is 0 Å². The molecular formula is C8H13IO2. The van der Waals surface area contributed by atoms with Crippen LogP contribution in [0.1, 0.15) is 32.6 Å². The minimum Gasteiger partial charge on any atom is -0.462 e. The Labute approximate surface area is 80.8 Å². The fraction of sp³-hybridized carbons (Fsp3) is 0.875. The summed E-state index contributed by atoms with van der Waals surface area (Å²) in [5, 5.41) is 0. The first-order valence-electron chi connectivity index (χ1n) is 4.08. The molecule has 11 heavy (non-hydrogen) atoms. The molecule has 0 aromatic carbocycles. The quantitative estimate of drug-likeness (QED) is 0.436. The molecule has 1 saturated heterocycles. The topological polar surface area (TPSA) is 26.3 Å². The van der Waals surface area contributed by atoms with Gasteiger partial charge in [0.15, 0.2) is 0 Å². The van der Waals surface area contributed by atoms with Crippen LogP contribution in [0.25, 0.3) is 0 Å². The Morgan fingerprint density at radius 1 is 1.64 bits per heavy atom. The maximum atomic E-state index is 11.0. The highest BCUT2D eigenvalue weighted by atomic mass is 127. The molecule has 0 N–H and O–H groups in total. The number of esters is 1. The van der Waals surface area contributed by atoms with Crippen LogP contribution < -0.4 is 0 Å². The van der Waals surface area contributed by atoms with Crippen molar-refractivity contribution < 1.29 is 9.53 Å². The van der Waals surface area contributed by atoms with Crippen molar-refractivity contribution >= 4 is 28.6 Å². The molecule has 0 saturated carbocycles. The molecule has 0 radical (unpaired) electrons. The second kappa shape index (κ2) is 4.28. The number of carbonyl (C=O) groups excluding carboxylic acids is 1. The number of cyclic esters (lactones) is 1. The number of halogens is 1. The molecule has 1 rings (SSSR count). The van der Waals surface area contributed by atoms with Crippen LogP contribution in [-0.4, -0.2) is 16.0 Å². The minimum absolute atomic E-state index is 0.0182. The van der Waals surface area contributed by atoms with E-state index in [0.717, 1.165) is 25.7 Å². The summed E-state index contributed by atoms with van der Waals surface area (Å²) in [6.07, 6.45) is 4.37. The lowest BCUT2D eigenvalue weighted by Gasteiger charge is -2.24. The smallest absolute Gasteiger partial charge is 0.319 e. The molecule has 1 aliphatic heterocycles. The molecule has 0 bridgehead atoms. The van der Waals surface area contributed by atoms with Crippen molar-refractivity contribution in [3.63, 3.8) is 0 Å². The molecule has 0 aromatic rings. The number of alkyl halides is 1. The van der Waals surface area contributed by atoms with E-state index in [1.165, 1.54) is 0 Å². The molecule has 0 amide bonds. The molecule has 0 aromatic heterocycles. The van der Waals surface area contributed by atoms with Gasteiger partial charge < -0.3 is 4.74 Å². The van der Waals surface area contributed by atoms with Gasteiger partial charge in [-0.25, -0.2) is 0 Å². The Morgan fingerprint density at radius 3 is 2.91 bits per heavy atom. The van der Waals surface area contributed by atoms with Crippen molar-refractivity contribution in [1.82, 2.24) is 0 Å². The molecule has 0 spiro atoms. The lowest BCUT2D eigenvalue weighted by molar-refractivity contribution is -0.152. The van der Waals surface area contributed by atoms with Gasteiger partial charge in [-0.1, -0.05) is 35.9 Å². The molecule has 1 heterocycles. The fourth-order valence-corrected chi connectivity index (χ4v) is 1.78. The summed E-state index contributed by atoms with van der Waals surface area (Å²) in [6.45, 7) is 2.12. The van der Waals surface area contributed by atoms with E-state index < -0.39 is 0 Å². The zero-order valence-electron chi connectivity index (χ0n) is 6.68. The minimum atomic E-state index is -0.0182. The van der Waals surface area contributed by atoms with Gasteiger partial charge in [-0.3, -0.25) is 4.79 Å². The number of rotatable bonds is 2. The highest BCUT2D eigenvalue weighted by Gasteiger charge is 2.26. The molecule has 2 nitrogen and oxygen atoms in total. The van der Waals surface area contributed by atoms with Gasteiger partial charge in [0.05, 0.1) is 0 Å². The van der Waals surface area contributed by atoms with E-state index in [4.69, 9.17) is 4.74 Å². The second-order valence-corrected chi connectivity index (χ2v) is 4.40. The lowest BCUT2D eigenvalue weighted by atomic mass is 10.1. The first-order valence-corrected chi connectivity index (χ1v) is 5.33. The van der Waals surface area contributed by atoms with Crippen molar-refractivity contribution in [2.75, 3.05) is 0 Å². The van der Waals surface area contributed by atoms with E-state index in [1.54, 1.807) is 0 Å². The van der Waals surface area contributed by atoms with Crippen LogP contribution in [0.4, 0.5) is 0 Å². The Kier molecular flexibility index (Phi) is 3.62. The highest BCUT2D eigenvalue weighted by Crippen LogP contribution is 2.23. The standard InChI is InChI=1S/C8H13IO2/c1-2-3-6-4-5-7(9)8(10)11-6/h6-7H,2-5H2,1H3. The Morgan fingerprint density at radius 2 is 2.36 bits per heavy atom. The van der Waals surface area contributed by atoms with E-state index in [2.05, 4.69) is 29.5 Å². The van der Waals surface area contributed by atoms with Crippen LogP contribution in [0.15, 0.2) is 0 Å².